The number of nitrogens with zero attached hydrogens (tertiary/aromatic N) is 2. The molecule has 0 spiro atoms. The van der Waals surface area contributed by atoms with E-state index in [0.29, 0.717) is 23.9 Å². The molecule has 2 atom stereocenters. The summed E-state index contributed by atoms with van der Waals surface area (Å²) in [4.78, 5) is 0. The molecule has 0 saturated heterocycles. The number of hydrogen-bond acceptors (Lipinski definition) is 3. The predicted octanol–water partition coefficient (Wildman–Crippen LogP) is 2.01. The minimum atomic E-state index is 0.370. The maximum atomic E-state index is 4.15. The molecule has 0 aliphatic carbocycles. The summed E-state index contributed by atoms with van der Waals surface area (Å²) in [7, 11) is 0. The number of rotatable bonds is 2. The van der Waals surface area contributed by atoms with Gasteiger partial charge in [-0.15, -0.1) is 0 Å². The second-order valence-electron chi connectivity index (χ2n) is 3.85. The average molecular weight is 155 g/mol. The third-order valence-electron chi connectivity index (χ3n) is 2.17. The van der Waals surface area contributed by atoms with Gasteiger partial charge in [0.25, 0.3) is 0 Å². The summed E-state index contributed by atoms with van der Waals surface area (Å²) in [5.74, 6) is 1.19. The van der Waals surface area contributed by atoms with E-state index >= 15 is 0 Å². The fourth-order valence-corrected chi connectivity index (χ4v) is 1.41. The Hall–Kier alpha value is -0.600. The Kier molecular flexibility index (Phi) is 2.47. The van der Waals surface area contributed by atoms with Gasteiger partial charge in [0, 0.05) is 0 Å². The van der Waals surface area contributed by atoms with Gasteiger partial charge in [-0.05, 0) is 11.8 Å². The first-order chi connectivity index (χ1) is 5.13. The fourth-order valence-electron chi connectivity index (χ4n) is 1.41. The van der Waals surface area contributed by atoms with E-state index in [1.807, 2.05) is 0 Å². The highest BCUT2D eigenvalue weighted by Crippen LogP contribution is 2.21. The standard InChI is InChI=1S/C8H17N3/c1-5(2)7-8(6(3)4)10-11-9-7/h5-8H,1-4H3,(H,9,10). The molecule has 1 aliphatic heterocycles. The first-order valence-electron chi connectivity index (χ1n) is 4.28. The average Bonchev–Trinajstić information content (AvgIpc) is 2.32. The zero-order valence-electron chi connectivity index (χ0n) is 7.70. The molecule has 0 aromatic rings. The van der Waals surface area contributed by atoms with Gasteiger partial charge in [0.05, 0.1) is 12.1 Å². The lowest BCUT2D eigenvalue weighted by atomic mass is 9.90. The smallest absolute Gasteiger partial charge is 0.0972 e. The molecule has 0 aromatic heterocycles. The highest BCUT2D eigenvalue weighted by atomic mass is 15.5. The van der Waals surface area contributed by atoms with Gasteiger partial charge in [-0.2, -0.15) is 5.11 Å². The van der Waals surface area contributed by atoms with Crippen molar-refractivity contribution in [1.82, 2.24) is 5.43 Å². The van der Waals surface area contributed by atoms with Crippen LogP contribution in [0, 0.1) is 11.8 Å². The Bertz CT molecular complexity index is 151. The minimum Gasteiger partial charge on any atom is -0.286 e. The maximum Gasteiger partial charge on any atom is 0.0972 e. The zero-order valence-corrected chi connectivity index (χ0v) is 7.70. The molecule has 1 aliphatic rings. The van der Waals surface area contributed by atoms with Crippen LogP contribution < -0.4 is 5.43 Å². The summed E-state index contributed by atoms with van der Waals surface area (Å²) < 4.78 is 0. The van der Waals surface area contributed by atoms with Crippen molar-refractivity contribution in [3.05, 3.63) is 0 Å². The van der Waals surface area contributed by atoms with Crippen molar-refractivity contribution >= 4 is 0 Å². The first kappa shape index (κ1) is 8.50. The van der Waals surface area contributed by atoms with Crippen LogP contribution in [0.4, 0.5) is 0 Å². The Morgan fingerprint density at radius 1 is 1.09 bits per heavy atom. The van der Waals surface area contributed by atoms with Crippen LogP contribution in [-0.4, -0.2) is 12.1 Å². The summed E-state index contributed by atoms with van der Waals surface area (Å²) in [6.45, 7) is 8.77. The normalized spacial score (nSPS) is 30.0. The van der Waals surface area contributed by atoms with Gasteiger partial charge in [0.15, 0.2) is 0 Å². The Balaban J connectivity index is 2.56. The number of hydrogen-bond donors (Lipinski definition) is 1. The van der Waals surface area contributed by atoms with Crippen molar-refractivity contribution in [3.8, 4) is 0 Å². The summed E-state index contributed by atoms with van der Waals surface area (Å²) in [6.07, 6.45) is 0. The summed E-state index contributed by atoms with van der Waals surface area (Å²) in [6, 6.07) is 0.810. The molecule has 3 nitrogen and oxygen atoms in total. The van der Waals surface area contributed by atoms with E-state index in [-0.39, 0.29) is 0 Å². The SMILES string of the molecule is CC(C)C1N=NNC1C(C)C. The van der Waals surface area contributed by atoms with Gasteiger partial charge >= 0.3 is 0 Å². The van der Waals surface area contributed by atoms with Gasteiger partial charge in [0.1, 0.15) is 0 Å². The third-order valence-corrected chi connectivity index (χ3v) is 2.17. The van der Waals surface area contributed by atoms with Crippen molar-refractivity contribution in [2.75, 3.05) is 0 Å². The topological polar surface area (TPSA) is 36.8 Å². The molecular weight excluding hydrogens is 138 g/mol. The molecule has 1 heterocycles. The van der Waals surface area contributed by atoms with E-state index in [1.54, 1.807) is 0 Å². The molecule has 0 radical (unpaired) electrons. The van der Waals surface area contributed by atoms with Crippen molar-refractivity contribution in [1.29, 1.82) is 0 Å². The molecule has 64 valence electrons. The molecule has 0 bridgehead atoms. The lowest BCUT2D eigenvalue weighted by Gasteiger charge is -2.22. The van der Waals surface area contributed by atoms with Crippen molar-refractivity contribution in [2.45, 2.75) is 39.8 Å². The van der Waals surface area contributed by atoms with Crippen LogP contribution in [0.1, 0.15) is 27.7 Å². The van der Waals surface area contributed by atoms with E-state index in [2.05, 4.69) is 43.5 Å². The van der Waals surface area contributed by atoms with Gasteiger partial charge in [-0.25, -0.2) is 0 Å². The lowest BCUT2D eigenvalue weighted by molar-refractivity contribution is 0.341. The van der Waals surface area contributed by atoms with Gasteiger partial charge in [-0.1, -0.05) is 32.9 Å². The van der Waals surface area contributed by atoms with E-state index in [4.69, 9.17) is 0 Å². The molecule has 0 amide bonds. The first-order valence-corrected chi connectivity index (χ1v) is 4.28. The van der Waals surface area contributed by atoms with Crippen LogP contribution in [0.25, 0.3) is 0 Å². The van der Waals surface area contributed by atoms with Crippen LogP contribution in [0.15, 0.2) is 10.3 Å². The highest BCUT2D eigenvalue weighted by molar-refractivity contribution is 4.87. The van der Waals surface area contributed by atoms with Crippen LogP contribution in [-0.2, 0) is 0 Å². The predicted molar refractivity (Wildman–Crippen MR) is 45.2 cm³/mol. The molecule has 0 fully saturated rings. The molecule has 0 aromatic carbocycles. The Morgan fingerprint density at radius 2 is 1.73 bits per heavy atom. The largest absolute Gasteiger partial charge is 0.286 e. The van der Waals surface area contributed by atoms with Gasteiger partial charge < -0.3 is 0 Å². The highest BCUT2D eigenvalue weighted by Gasteiger charge is 2.30. The molecule has 3 heteroatoms. The summed E-state index contributed by atoms with van der Waals surface area (Å²) in [5, 5.41) is 8.02. The fraction of sp³-hybridized carbons (Fsp3) is 1.00. The zero-order chi connectivity index (χ0) is 8.43. The molecule has 1 N–H and O–H groups in total. The van der Waals surface area contributed by atoms with Gasteiger partial charge in [0.2, 0.25) is 0 Å². The van der Waals surface area contributed by atoms with E-state index in [9.17, 15) is 0 Å². The van der Waals surface area contributed by atoms with Crippen molar-refractivity contribution in [2.24, 2.45) is 22.2 Å². The maximum absolute atomic E-state index is 4.15. The minimum absolute atomic E-state index is 0.370. The van der Waals surface area contributed by atoms with Crippen molar-refractivity contribution < 1.29 is 0 Å². The molecular formula is C8H17N3. The van der Waals surface area contributed by atoms with E-state index in [1.165, 1.54) is 0 Å². The third kappa shape index (κ3) is 1.70. The van der Waals surface area contributed by atoms with E-state index in [0.717, 1.165) is 0 Å². The summed E-state index contributed by atoms with van der Waals surface area (Å²) >= 11 is 0. The second-order valence-corrected chi connectivity index (χ2v) is 3.85. The van der Waals surface area contributed by atoms with Crippen LogP contribution >= 0.6 is 0 Å². The van der Waals surface area contributed by atoms with Gasteiger partial charge in [-0.3, -0.25) is 5.43 Å². The molecule has 2 unspecified atom stereocenters. The van der Waals surface area contributed by atoms with Crippen molar-refractivity contribution in [3.63, 3.8) is 0 Å². The van der Waals surface area contributed by atoms with Crippen LogP contribution in [0.5, 0.6) is 0 Å². The molecule has 0 saturated carbocycles. The molecule has 11 heavy (non-hydrogen) atoms. The van der Waals surface area contributed by atoms with Crippen LogP contribution in [0.2, 0.25) is 0 Å². The Morgan fingerprint density at radius 3 is 2.09 bits per heavy atom. The quantitative estimate of drug-likeness (QED) is 0.650. The molecule has 1 rings (SSSR count). The summed E-state index contributed by atoms with van der Waals surface area (Å²) in [5.41, 5.74) is 3.05. The Labute approximate surface area is 68.3 Å². The lowest BCUT2D eigenvalue weighted by Crippen LogP contribution is -2.38. The monoisotopic (exact) mass is 155 g/mol. The van der Waals surface area contributed by atoms with Crippen LogP contribution in [0.3, 0.4) is 0 Å². The van der Waals surface area contributed by atoms with E-state index < -0.39 is 0 Å². The number of nitrogens with one attached hydrogen (secondary N) is 1. The second kappa shape index (κ2) is 3.20.